The van der Waals surface area contributed by atoms with Crippen LogP contribution in [0, 0.1) is 0 Å². The van der Waals surface area contributed by atoms with Gasteiger partial charge in [0.25, 0.3) is 0 Å². The van der Waals surface area contributed by atoms with Gasteiger partial charge >= 0.3 is 0 Å². The van der Waals surface area contributed by atoms with Gasteiger partial charge in [0.1, 0.15) is 11.6 Å². The normalized spacial score (nSPS) is 12.1. The second-order valence-corrected chi connectivity index (χ2v) is 9.60. The number of amides is 1. The molecule has 4 aromatic rings. The average molecular weight is 497 g/mol. The molecule has 0 saturated heterocycles. The first kappa shape index (κ1) is 23.8. The Morgan fingerprint density at radius 3 is 2.56 bits per heavy atom. The van der Waals surface area contributed by atoms with Gasteiger partial charge in [-0.1, -0.05) is 35.5 Å². The Morgan fingerprint density at radius 2 is 1.85 bits per heavy atom. The highest BCUT2D eigenvalue weighted by Gasteiger charge is 2.23. The summed E-state index contributed by atoms with van der Waals surface area (Å²) in [5.41, 5.74) is 1.67. The summed E-state index contributed by atoms with van der Waals surface area (Å²) in [6, 6.07) is 16.9. The molecule has 2 aromatic carbocycles. The van der Waals surface area contributed by atoms with Gasteiger partial charge in [-0.05, 0) is 57.2 Å². The quantitative estimate of drug-likeness (QED) is 0.324. The van der Waals surface area contributed by atoms with Crippen molar-refractivity contribution in [3.63, 3.8) is 0 Å². The number of anilines is 1. The zero-order valence-electron chi connectivity index (χ0n) is 19.3. The number of ether oxygens (including phenoxy) is 1. The highest BCUT2D eigenvalue weighted by Crippen LogP contribution is 2.32. The predicted octanol–water partition coefficient (Wildman–Crippen LogP) is 5.49. The number of nitrogens with one attached hydrogen (secondary N) is 1. The van der Waals surface area contributed by atoms with Crippen molar-refractivity contribution in [1.82, 2.24) is 24.5 Å². The van der Waals surface area contributed by atoms with Gasteiger partial charge < -0.3 is 10.1 Å². The Hall–Kier alpha value is -3.30. The monoisotopic (exact) mass is 496 g/mol. The van der Waals surface area contributed by atoms with Gasteiger partial charge in [-0.25, -0.2) is 4.68 Å². The van der Waals surface area contributed by atoms with E-state index in [9.17, 15) is 4.79 Å². The Kier molecular flexibility index (Phi) is 7.23. The molecule has 2 heterocycles. The van der Waals surface area contributed by atoms with Crippen LogP contribution in [0.2, 0.25) is 5.02 Å². The molecule has 0 bridgehead atoms. The minimum atomic E-state index is -0.441. The minimum absolute atomic E-state index is 0.131. The van der Waals surface area contributed by atoms with Crippen molar-refractivity contribution in [2.24, 2.45) is 0 Å². The fourth-order valence-corrected chi connectivity index (χ4v) is 4.38. The van der Waals surface area contributed by atoms with Gasteiger partial charge in [-0.15, -0.1) is 10.2 Å². The van der Waals surface area contributed by atoms with E-state index < -0.39 is 5.25 Å². The van der Waals surface area contributed by atoms with E-state index in [1.807, 2.05) is 73.9 Å². The summed E-state index contributed by atoms with van der Waals surface area (Å²) in [5.74, 6) is 1.85. The Labute approximate surface area is 207 Å². The van der Waals surface area contributed by atoms with Crippen LogP contribution in [-0.4, -0.2) is 42.8 Å². The van der Waals surface area contributed by atoms with Crippen LogP contribution in [0.25, 0.3) is 17.1 Å². The minimum Gasteiger partial charge on any atom is -0.497 e. The number of benzene rings is 2. The van der Waals surface area contributed by atoms with E-state index in [-0.39, 0.29) is 11.9 Å². The lowest BCUT2D eigenvalue weighted by Gasteiger charge is -2.16. The second-order valence-electron chi connectivity index (χ2n) is 7.85. The van der Waals surface area contributed by atoms with Gasteiger partial charge in [-0.3, -0.25) is 9.36 Å². The number of nitrogens with zero attached hydrogens (tertiary/aromatic N) is 5. The number of halogens is 1. The second kappa shape index (κ2) is 10.3. The topological polar surface area (TPSA) is 86.9 Å². The molecule has 0 radical (unpaired) electrons. The first-order valence-corrected chi connectivity index (χ1v) is 12.0. The molecule has 0 aliphatic carbocycles. The van der Waals surface area contributed by atoms with E-state index >= 15 is 0 Å². The van der Waals surface area contributed by atoms with Crippen LogP contribution in [-0.2, 0) is 4.79 Å². The average Bonchev–Trinajstić information content (AvgIpc) is 3.47. The Morgan fingerprint density at radius 1 is 1.09 bits per heavy atom. The standard InChI is InChI=1S/C24H25ClN6O2S/c1-15(2)31-21(12-13-26-31)27-23(32)16(3)34-24-29-28-22(17-6-5-7-20(14-17)33-4)30(24)19-10-8-18(25)9-11-19/h5-16H,1-4H3,(H,27,32). The van der Waals surface area contributed by atoms with Crippen LogP contribution < -0.4 is 10.1 Å². The van der Waals surface area contributed by atoms with Gasteiger partial charge in [0.15, 0.2) is 11.0 Å². The largest absolute Gasteiger partial charge is 0.497 e. The molecular weight excluding hydrogens is 472 g/mol. The molecule has 34 heavy (non-hydrogen) atoms. The summed E-state index contributed by atoms with van der Waals surface area (Å²) in [6.45, 7) is 5.85. The molecule has 1 amide bonds. The van der Waals surface area contributed by atoms with E-state index in [1.165, 1.54) is 11.8 Å². The van der Waals surface area contributed by atoms with Gasteiger partial charge in [0.05, 0.1) is 18.6 Å². The molecule has 0 fully saturated rings. The number of carbonyl (C=O) groups excluding carboxylic acids is 1. The third kappa shape index (κ3) is 5.10. The predicted molar refractivity (Wildman–Crippen MR) is 135 cm³/mol. The van der Waals surface area contributed by atoms with Crippen LogP contribution in [0.3, 0.4) is 0 Å². The number of methoxy groups -OCH3 is 1. The Balaban J connectivity index is 1.66. The number of aromatic nitrogens is 5. The lowest BCUT2D eigenvalue weighted by atomic mass is 10.2. The summed E-state index contributed by atoms with van der Waals surface area (Å²) in [6.07, 6.45) is 1.67. The third-order valence-corrected chi connectivity index (χ3v) is 6.40. The van der Waals surface area contributed by atoms with E-state index in [2.05, 4.69) is 20.6 Å². The zero-order chi connectivity index (χ0) is 24.2. The third-order valence-electron chi connectivity index (χ3n) is 5.11. The van der Waals surface area contributed by atoms with Crippen molar-refractivity contribution in [2.45, 2.75) is 37.2 Å². The Bertz CT molecular complexity index is 1280. The molecule has 1 atom stereocenters. The van der Waals surface area contributed by atoms with Crippen molar-refractivity contribution in [2.75, 3.05) is 12.4 Å². The smallest absolute Gasteiger partial charge is 0.238 e. The molecule has 0 aliphatic heterocycles. The van der Waals surface area contributed by atoms with Crippen LogP contribution in [0.4, 0.5) is 5.82 Å². The number of carbonyl (C=O) groups is 1. The van der Waals surface area contributed by atoms with E-state index in [1.54, 1.807) is 24.1 Å². The molecule has 0 aliphatic rings. The number of thioether (sulfide) groups is 1. The molecule has 4 rings (SSSR count). The van der Waals surface area contributed by atoms with Crippen molar-refractivity contribution < 1.29 is 9.53 Å². The fraction of sp³-hybridized carbons (Fsp3) is 0.250. The molecular formula is C24H25ClN6O2S. The highest BCUT2D eigenvalue weighted by molar-refractivity contribution is 8.00. The van der Waals surface area contributed by atoms with Crippen molar-refractivity contribution in [3.8, 4) is 22.8 Å². The van der Waals surface area contributed by atoms with Gasteiger partial charge in [-0.2, -0.15) is 5.10 Å². The molecule has 0 spiro atoms. The maximum absolute atomic E-state index is 13.0. The lowest BCUT2D eigenvalue weighted by Crippen LogP contribution is -2.25. The zero-order valence-corrected chi connectivity index (χ0v) is 20.8. The number of rotatable bonds is 8. The van der Waals surface area contributed by atoms with Crippen molar-refractivity contribution in [3.05, 3.63) is 65.8 Å². The van der Waals surface area contributed by atoms with Crippen LogP contribution >= 0.6 is 23.4 Å². The molecule has 0 saturated carbocycles. The molecule has 8 nitrogen and oxygen atoms in total. The van der Waals surface area contributed by atoms with Gasteiger partial charge in [0.2, 0.25) is 5.91 Å². The first-order valence-electron chi connectivity index (χ1n) is 10.7. The lowest BCUT2D eigenvalue weighted by molar-refractivity contribution is -0.115. The molecule has 1 N–H and O–H groups in total. The first-order chi connectivity index (χ1) is 16.4. The van der Waals surface area contributed by atoms with Gasteiger partial charge in [0, 0.05) is 28.4 Å². The molecule has 10 heteroatoms. The van der Waals surface area contributed by atoms with Crippen LogP contribution in [0.1, 0.15) is 26.8 Å². The maximum Gasteiger partial charge on any atom is 0.238 e. The molecule has 1 unspecified atom stereocenters. The molecule has 2 aromatic heterocycles. The summed E-state index contributed by atoms with van der Waals surface area (Å²) >= 11 is 7.44. The summed E-state index contributed by atoms with van der Waals surface area (Å²) in [5, 5.41) is 16.9. The maximum atomic E-state index is 13.0. The van der Waals surface area contributed by atoms with Crippen molar-refractivity contribution in [1.29, 1.82) is 0 Å². The number of hydrogen-bond donors (Lipinski definition) is 1. The number of hydrogen-bond acceptors (Lipinski definition) is 6. The SMILES string of the molecule is COc1cccc(-c2nnc(SC(C)C(=O)Nc3ccnn3C(C)C)n2-c2ccc(Cl)cc2)c1. The van der Waals surface area contributed by atoms with Crippen molar-refractivity contribution >= 4 is 35.1 Å². The fourth-order valence-electron chi connectivity index (χ4n) is 3.38. The highest BCUT2D eigenvalue weighted by atomic mass is 35.5. The van der Waals surface area contributed by atoms with Crippen LogP contribution in [0.15, 0.2) is 66.0 Å². The van der Waals surface area contributed by atoms with E-state index in [0.717, 1.165) is 11.3 Å². The van der Waals surface area contributed by atoms with E-state index in [0.29, 0.717) is 27.6 Å². The molecule has 176 valence electrons. The van der Waals surface area contributed by atoms with E-state index in [4.69, 9.17) is 16.3 Å². The summed E-state index contributed by atoms with van der Waals surface area (Å²) in [7, 11) is 1.62. The summed E-state index contributed by atoms with van der Waals surface area (Å²) in [4.78, 5) is 13.0. The van der Waals surface area contributed by atoms with Crippen LogP contribution in [0.5, 0.6) is 5.75 Å². The summed E-state index contributed by atoms with van der Waals surface area (Å²) < 4.78 is 9.06.